The molecule has 52 heavy (non-hydrogen) atoms. The van der Waals surface area contributed by atoms with Crippen molar-refractivity contribution in [2.75, 3.05) is 0 Å². The molecule has 0 spiro atoms. The summed E-state index contributed by atoms with van der Waals surface area (Å²) in [5, 5.41) is 7.14. The SMILES string of the molecule is c1ccc(-c2ccc(-c3ccccc3-c3c4ccccc4c(-c4ccc(-c5ccc6ccc7cccnc7c6n5)cc4)c4ccccc34)cc2)cc1. The van der Waals surface area contributed by atoms with Gasteiger partial charge in [-0.2, -0.15) is 0 Å². The van der Waals surface area contributed by atoms with E-state index in [0.717, 1.165) is 33.1 Å². The number of nitrogens with zero attached hydrogens (tertiary/aromatic N) is 2. The lowest BCUT2D eigenvalue weighted by atomic mass is 9.83. The van der Waals surface area contributed by atoms with Gasteiger partial charge in [-0.25, -0.2) is 4.98 Å². The van der Waals surface area contributed by atoms with Crippen LogP contribution >= 0.6 is 0 Å². The Hall–Kier alpha value is -6.90. The lowest BCUT2D eigenvalue weighted by molar-refractivity contribution is 1.37. The van der Waals surface area contributed by atoms with Crippen LogP contribution in [-0.2, 0) is 0 Å². The average molecular weight is 661 g/mol. The van der Waals surface area contributed by atoms with E-state index >= 15 is 0 Å². The van der Waals surface area contributed by atoms with Crippen molar-refractivity contribution in [2.24, 2.45) is 0 Å². The second-order valence-electron chi connectivity index (χ2n) is 13.3. The van der Waals surface area contributed by atoms with Gasteiger partial charge in [0.2, 0.25) is 0 Å². The van der Waals surface area contributed by atoms with Gasteiger partial charge in [0, 0.05) is 22.5 Å². The van der Waals surface area contributed by atoms with Crippen LogP contribution in [0.15, 0.2) is 194 Å². The Balaban J connectivity index is 1.11. The standard InChI is InChI=1S/C50H32N2/c1-2-11-33(12-3-1)34-20-22-35(23-21-34)40-14-4-5-15-41(40)48-44-18-8-6-16-42(44)47(43-17-7-9-19-45(43)48)37-26-24-36(25-27-37)46-31-30-39-29-28-38-13-10-32-51-49(38)50(39)52-46/h1-32H. The second kappa shape index (κ2) is 12.5. The molecule has 0 atom stereocenters. The first-order valence-electron chi connectivity index (χ1n) is 17.7. The summed E-state index contributed by atoms with van der Waals surface area (Å²) in [6.07, 6.45) is 1.84. The summed E-state index contributed by atoms with van der Waals surface area (Å²) in [5.74, 6) is 0. The summed E-state index contributed by atoms with van der Waals surface area (Å²) >= 11 is 0. The van der Waals surface area contributed by atoms with Crippen molar-refractivity contribution < 1.29 is 0 Å². The Morgan fingerprint density at radius 1 is 0.288 bits per heavy atom. The molecule has 2 nitrogen and oxygen atoms in total. The molecule has 0 saturated heterocycles. The smallest absolute Gasteiger partial charge is 0.0972 e. The van der Waals surface area contributed by atoms with Gasteiger partial charge in [-0.3, -0.25) is 4.98 Å². The van der Waals surface area contributed by atoms with Gasteiger partial charge in [-0.1, -0.05) is 176 Å². The van der Waals surface area contributed by atoms with Crippen LogP contribution in [0.5, 0.6) is 0 Å². The number of pyridine rings is 2. The Morgan fingerprint density at radius 3 is 1.48 bits per heavy atom. The first-order chi connectivity index (χ1) is 25.8. The highest BCUT2D eigenvalue weighted by atomic mass is 14.7. The zero-order valence-corrected chi connectivity index (χ0v) is 28.4. The predicted octanol–water partition coefficient (Wildman–Crippen LogP) is 13.4. The maximum atomic E-state index is 5.11. The second-order valence-corrected chi connectivity index (χ2v) is 13.3. The van der Waals surface area contributed by atoms with Gasteiger partial charge in [0.25, 0.3) is 0 Å². The quantitative estimate of drug-likeness (QED) is 0.136. The van der Waals surface area contributed by atoms with Crippen LogP contribution in [-0.4, -0.2) is 9.97 Å². The maximum absolute atomic E-state index is 5.11. The monoisotopic (exact) mass is 660 g/mol. The molecule has 0 saturated carbocycles. The summed E-state index contributed by atoms with van der Waals surface area (Å²) in [6, 6.07) is 67.6. The predicted molar refractivity (Wildman–Crippen MR) is 219 cm³/mol. The van der Waals surface area contributed by atoms with E-state index in [1.807, 2.05) is 12.3 Å². The number of aromatic nitrogens is 2. The molecule has 0 unspecified atom stereocenters. The van der Waals surface area contributed by atoms with Gasteiger partial charge >= 0.3 is 0 Å². The van der Waals surface area contributed by atoms with Gasteiger partial charge < -0.3 is 0 Å². The summed E-state index contributed by atoms with van der Waals surface area (Å²) in [5.41, 5.74) is 13.7. The first kappa shape index (κ1) is 30.0. The Bertz CT molecular complexity index is 2870. The number of rotatable bonds is 5. The fraction of sp³-hybridized carbons (Fsp3) is 0. The number of hydrogen-bond acceptors (Lipinski definition) is 2. The summed E-state index contributed by atoms with van der Waals surface area (Å²) in [4.78, 5) is 9.77. The van der Waals surface area contributed by atoms with E-state index in [0.29, 0.717) is 0 Å². The van der Waals surface area contributed by atoms with E-state index in [-0.39, 0.29) is 0 Å². The van der Waals surface area contributed by atoms with Crippen LogP contribution in [0.3, 0.4) is 0 Å². The number of hydrogen-bond donors (Lipinski definition) is 0. The minimum absolute atomic E-state index is 0.930. The third-order valence-electron chi connectivity index (χ3n) is 10.3. The molecule has 2 heterocycles. The molecule has 10 aromatic rings. The minimum Gasteiger partial charge on any atom is -0.254 e. The van der Waals surface area contributed by atoms with E-state index in [4.69, 9.17) is 4.98 Å². The molecule has 0 fully saturated rings. The molecule has 0 bridgehead atoms. The van der Waals surface area contributed by atoms with Crippen molar-refractivity contribution in [1.29, 1.82) is 0 Å². The normalized spacial score (nSPS) is 11.5. The van der Waals surface area contributed by atoms with Crippen LogP contribution in [0.2, 0.25) is 0 Å². The molecule has 0 amide bonds. The Labute approximate surface area is 302 Å². The van der Waals surface area contributed by atoms with E-state index in [9.17, 15) is 0 Å². The highest BCUT2D eigenvalue weighted by Gasteiger charge is 2.19. The highest BCUT2D eigenvalue weighted by Crippen LogP contribution is 2.46. The van der Waals surface area contributed by atoms with E-state index < -0.39 is 0 Å². The Morgan fingerprint density at radius 2 is 0.788 bits per heavy atom. The molecule has 242 valence electrons. The van der Waals surface area contributed by atoms with Crippen molar-refractivity contribution in [3.05, 3.63) is 194 Å². The molecule has 0 radical (unpaired) electrons. The van der Waals surface area contributed by atoms with Gasteiger partial charge in [-0.05, 0) is 78.2 Å². The number of fused-ring (bicyclic) bond motifs is 5. The summed E-state index contributed by atoms with van der Waals surface area (Å²) < 4.78 is 0. The zero-order chi connectivity index (χ0) is 34.4. The molecule has 0 aliphatic carbocycles. The van der Waals surface area contributed by atoms with Crippen LogP contribution in [0.25, 0.3) is 99.1 Å². The molecule has 0 aliphatic rings. The zero-order valence-electron chi connectivity index (χ0n) is 28.4. The van der Waals surface area contributed by atoms with E-state index in [1.165, 1.54) is 66.1 Å². The molecule has 0 N–H and O–H groups in total. The fourth-order valence-electron chi connectivity index (χ4n) is 7.85. The molecule has 2 aromatic heterocycles. The summed E-state index contributed by atoms with van der Waals surface area (Å²) in [6.45, 7) is 0. The first-order valence-corrected chi connectivity index (χ1v) is 17.7. The lowest BCUT2D eigenvalue weighted by Crippen LogP contribution is -1.93. The molecular weight excluding hydrogens is 629 g/mol. The minimum atomic E-state index is 0.930. The van der Waals surface area contributed by atoms with E-state index in [1.54, 1.807) is 0 Å². The molecule has 10 rings (SSSR count). The van der Waals surface area contributed by atoms with E-state index in [2.05, 4.69) is 187 Å². The van der Waals surface area contributed by atoms with Crippen LogP contribution in [0, 0.1) is 0 Å². The van der Waals surface area contributed by atoms with Crippen molar-refractivity contribution in [1.82, 2.24) is 9.97 Å². The van der Waals surface area contributed by atoms with Crippen LogP contribution in [0.4, 0.5) is 0 Å². The fourth-order valence-corrected chi connectivity index (χ4v) is 7.85. The average Bonchev–Trinajstić information content (AvgIpc) is 3.23. The molecule has 2 heteroatoms. The van der Waals surface area contributed by atoms with Crippen LogP contribution in [0.1, 0.15) is 0 Å². The maximum Gasteiger partial charge on any atom is 0.0972 e. The molecular formula is C50H32N2. The van der Waals surface area contributed by atoms with Crippen LogP contribution < -0.4 is 0 Å². The topological polar surface area (TPSA) is 25.8 Å². The third-order valence-corrected chi connectivity index (χ3v) is 10.3. The van der Waals surface area contributed by atoms with Gasteiger partial charge in [-0.15, -0.1) is 0 Å². The van der Waals surface area contributed by atoms with Crippen molar-refractivity contribution >= 4 is 43.4 Å². The van der Waals surface area contributed by atoms with Gasteiger partial charge in [0.1, 0.15) is 0 Å². The highest BCUT2D eigenvalue weighted by molar-refractivity contribution is 6.22. The summed E-state index contributed by atoms with van der Waals surface area (Å²) in [7, 11) is 0. The molecule has 0 aliphatic heterocycles. The van der Waals surface area contributed by atoms with Crippen molar-refractivity contribution in [3.8, 4) is 55.8 Å². The number of benzene rings is 8. The van der Waals surface area contributed by atoms with Crippen molar-refractivity contribution in [3.63, 3.8) is 0 Å². The van der Waals surface area contributed by atoms with Gasteiger partial charge in [0.05, 0.1) is 16.7 Å². The third kappa shape index (κ3) is 5.04. The van der Waals surface area contributed by atoms with Crippen molar-refractivity contribution in [2.45, 2.75) is 0 Å². The largest absolute Gasteiger partial charge is 0.254 e. The Kier molecular flexibility index (Phi) is 7.18. The lowest BCUT2D eigenvalue weighted by Gasteiger charge is -2.20. The van der Waals surface area contributed by atoms with Gasteiger partial charge in [0.15, 0.2) is 0 Å². The molecule has 8 aromatic carbocycles.